The van der Waals surface area contributed by atoms with Crippen LogP contribution in [0.2, 0.25) is 17.3 Å². The minimum atomic E-state index is -2.61. The number of furan rings is 1. The summed E-state index contributed by atoms with van der Waals surface area (Å²) in [6.45, 7) is 5.44. The molecule has 0 aliphatic rings. The maximum absolute atomic E-state index is 14.5. The molecule has 61 heavy (non-hydrogen) atoms. The molecule has 0 amide bonds. The molecule has 0 saturated carbocycles. The minimum absolute atomic E-state index is 0. The van der Waals surface area contributed by atoms with E-state index in [1.165, 1.54) is 6.20 Å². The number of aryl methyl sites for hydroxylation is 3. The molecule has 0 unspecified atom stereocenters. The summed E-state index contributed by atoms with van der Waals surface area (Å²) in [4.78, 5) is 13.9. The van der Waals surface area contributed by atoms with Gasteiger partial charge in [0.15, 0.2) is 0 Å². The van der Waals surface area contributed by atoms with E-state index in [2.05, 4.69) is 69.9 Å². The second-order valence-electron chi connectivity index (χ2n) is 16.1. The van der Waals surface area contributed by atoms with Gasteiger partial charge in [0.2, 0.25) is 5.71 Å². The number of pyridine rings is 2. The number of fused-ring (bicyclic) bond motifs is 4. The van der Waals surface area contributed by atoms with Crippen LogP contribution in [0.3, 0.4) is 0 Å². The normalized spacial score (nSPS) is 13.3. The Kier molecular flexibility index (Phi) is 10.8. The van der Waals surface area contributed by atoms with Gasteiger partial charge in [-0.2, -0.15) is 0 Å². The fraction of sp³-hybridized carbons (Fsp3) is 0.196. The first kappa shape index (κ1) is 37.4. The van der Waals surface area contributed by atoms with Crippen LogP contribution in [0.5, 0.6) is 0 Å². The molecule has 0 N–H and O–H groups in total. The van der Waals surface area contributed by atoms with E-state index in [9.17, 15) is 13.2 Å². The zero-order valence-corrected chi connectivity index (χ0v) is 39.1. The Morgan fingerprint density at radius 3 is 2.23 bits per heavy atom. The summed E-state index contributed by atoms with van der Waals surface area (Å²) in [6, 6.07) is 35.9. The average molecular weight is 1060 g/mol. The molecule has 5 nitrogen and oxygen atoms in total. The first-order valence-corrected chi connectivity index (χ1v) is 27.0. The van der Waals surface area contributed by atoms with Gasteiger partial charge in [-0.25, -0.2) is 18.2 Å². The fourth-order valence-electron chi connectivity index (χ4n) is 7.58. The second kappa shape index (κ2) is 17.6. The standard InChI is InChI=1S/C32H19F3N3O.C19H26GeN.Ir/c1-17-7-5-8-18(2)29(17)38-27-12-4-3-11-26(27)37-31(38)22-10-6-9-21-23-13-19(16-36-32(23)39-30(21)22)28-24(34)14-20(33)15-25(28)35;1-14(2)12-17-13-18(20(4,5)6)15(3)21-19(17)16-10-8-7-9-11-16;/h3-9,11-16H,1-2H3;7-10,13-14H,12H2,1-6H3;/q2*-1;/i;3D3,12D2;. The Bertz CT molecular complexity index is 3230. The third kappa shape index (κ3) is 8.61. The van der Waals surface area contributed by atoms with Crippen molar-refractivity contribution in [2.45, 2.75) is 58.2 Å². The number of hydrogen-bond acceptors (Lipinski definition) is 4. The largest absolute Gasteiger partial charge is 0 e. The van der Waals surface area contributed by atoms with Crippen LogP contribution >= 0.6 is 0 Å². The number of nitrogens with zero attached hydrogens (tertiary/aromatic N) is 4. The van der Waals surface area contributed by atoms with E-state index >= 15 is 0 Å². The van der Waals surface area contributed by atoms with Gasteiger partial charge in [-0.05, 0) is 43.2 Å². The van der Waals surface area contributed by atoms with Crippen molar-refractivity contribution in [3.63, 3.8) is 0 Å². The van der Waals surface area contributed by atoms with E-state index in [1.807, 2.05) is 62.4 Å². The van der Waals surface area contributed by atoms with Gasteiger partial charge in [0.05, 0.1) is 28.0 Å². The van der Waals surface area contributed by atoms with Crippen LogP contribution in [0, 0.1) is 56.2 Å². The number of rotatable bonds is 7. The van der Waals surface area contributed by atoms with Crippen LogP contribution in [0.15, 0.2) is 114 Å². The molecule has 311 valence electrons. The Morgan fingerprint density at radius 2 is 1.56 bits per heavy atom. The molecule has 1 radical (unpaired) electrons. The molecule has 5 aromatic carbocycles. The van der Waals surface area contributed by atoms with E-state index < -0.39 is 43.9 Å². The van der Waals surface area contributed by atoms with Crippen LogP contribution in [0.1, 0.15) is 43.1 Å². The van der Waals surface area contributed by atoms with E-state index in [4.69, 9.17) is 16.3 Å². The first-order chi connectivity index (χ1) is 30.7. The van der Waals surface area contributed by atoms with Gasteiger partial charge in [-0.1, -0.05) is 41.3 Å². The molecule has 0 aliphatic heterocycles. The van der Waals surface area contributed by atoms with Gasteiger partial charge in [0, 0.05) is 55.1 Å². The van der Waals surface area contributed by atoms with E-state index in [-0.39, 0.29) is 42.8 Å². The molecule has 10 heteroatoms. The van der Waals surface area contributed by atoms with Gasteiger partial charge in [0.1, 0.15) is 17.5 Å². The molecule has 0 aliphatic carbocycles. The Labute approximate surface area is 377 Å². The number of imidazole rings is 1. The predicted molar refractivity (Wildman–Crippen MR) is 240 cm³/mol. The van der Waals surface area contributed by atoms with Gasteiger partial charge in [-0.3, -0.25) is 4.98 Å². The molecule has 4 aromatic heterocycles. The monoisotopic (exact) mass is 1060 g/mol. The van der Waals surface area contributed by atoms with Crippen molar-refractivity contribution < 1.29 is 44.5 Å². The van der Waals surface area contributed by atoms with Crippen LogP contribution in [0.25, 0.3) is 72.6 Å². The predicted octanol–water partition coefficient (Wildman–Crippen LogP) is 13.1. The summed E-state index contributed by atoms with van der Waals surface area (Å²) in [5, 5.41) is 1.26. The van der Waals surface area contributed by atoms with Gasteiger partial charge in [0.25, 0.3) is 0 Å². The van der Waals surface area contributed by atoms with Crippen molar-refractivity contribution in [3.8, 4) is 39.5 Å². The summed E-state index contributed by atoms with van der Waals surface area (Å²) in [7, 11) is 0. The summed E-state index contributed by atoms with van der Waals surface area (Å²) < 4.78 is 92.8. The number of aromatic nitrogens is 4. The maximum Gasteiger partial charge on any atom is 0 e. The smallest absolute Gasteiger partial charge is 0 e. The summed E-state index contributed by atoms with van der Waals surface area (Å²) >= 11 is -2.61. The second-order valence-corrected chi connectivity index (χ2v) is 26.7. The molecule has 4 heterocycles. The number of benzene rings is 5. The zero-order chi connectivity index (χ0) is 46.7. The van der Waals surface area contributed by atoms with Gasteiger partial charge < -0.3 is 8.98 Å². The van der Waals surface area contributed by atoms with Crippen molar-refractivity contribution in [2.24, 2.45) is 5.92 Å². The molecule has 0 atom stereocenters. The van der Waals surface area contributed by atoms with Crippen molar-refractivity contribution in [2.75, 3.05) is 0 Å². The van der Waals surface area contributed by atoms with Crippen LogP contribution in [-0.4, -0.2) is 32.8 Å². The molecule has 0 bridgehead atoms. The van der Waals surface area contributed by atoms with Crippen molar-refractivity contribution in [3.05, 3.63) is 161 Å². The molecular formula is C51H45F3GeIrN4O-2. The SMILES string of the molecule is Cc1cccc(C)c1-n1c(-c2[c-]ccc3c2oc2ncc(-c4c(F)cc(F)cc4F)cc23)nc2ccccc21.[2H]C([2H])([2H])c1nc(-c2[c-]cccc2)c(C([2H])([2H])C(C)C)c[c]1[Ge]([CH3])([CH3])[CH3].[Ir]. The van der Waals surface area contributed by atoms with E-state index in [0.29, 0.717) is 62.4 Å². The Balaban J connectivity index is 0.000000211. The molecule has 9 rings (SSSR count). The number of halogens is 3. The molecule has 0 spiro atoms. The van der Waals surface area contributed by atoms with Gasteiger partial charge in [-0.15, -0.1) is 18.2 Å². The Hall–Kier alpha value is -5.35. The van der Waals surface area contributed by atoms with Crippen molar-refractivity contribution in [1.82, 2.24) is 19.5 Å². The zero-order valence-electron chi connectivity index (χ0n) is 39.6. The molecule has 0 fully saturated rings. The Morgan fingerprint density at radius 1 is 0.836 bits per heavy atom. The summed E-state index contributed by atoms with van der Waals surface area (Å²) in [6.07, 6.45) is -0.305. The van der Waals surface area contributed by atoms with Crippen molar-refractivity contribution >= 4 is 50.8 Å². The molecule has 0 saturated heterocycles. The molecule has 9 aromatic rings. The molecular weight excluding hydrogens is 1010 g/mol. The van der Waals surface area contributed by atoms with Crippen LogP contribution in [0.4, 0.5) is 13.2 Å². The van der Waals surface area contributed by atoms with E-state index in [1.54, 1.807) is 30.3 Å². The minimum Gasteiger partial charge on any atom is 0 e. The number of hydrogen-bond donors (Lipinski definition) is 0. The van der Waals surface area contributed by atoms with E-state index in [0.717, 1.165) is 32.2 Å². The third-order valence-corrected chi connectivity index (χ3v) is 14.5. The van der Waals surface area contributed by atoms with Crippen molar-refractivity contribution in [1.29, 1.82) is 0 Å². The summed E-state index contributed by atoms with van der Waals surface area (Å²) in [5.74, 6) is 3.71. The number of para-hydroxylation sites is 3. The quantitative estimate of drug-likeness (QED) is 0.118. The third-order valence-electron chi connectivity index (χ3n) is 10.3. The first-order valence-electron chi connectivity index (χ1n) is 22.1. The van der Waals surface area contributed by atoms with Crippen LogP contribution in [-0.2, 0) is 26.5 Å². The van der Waals surface area contributed by atoms with Gasteiger partial charge >= 0.3 is 139 Å². The maximum atomic E-state index is 14.5. The fourth-order valence-corrected chi connectivity index (χ4v) is 10.4. The average Bonchev–Trinajstić information content (AvgIpc) is 3.81. The van der Waals surface area contributed by atoms with Crippen LogP contribution < -0.4 is 4.40 Å². The topological polar surface area (TPSA) is 56.7 Å². The summed E-state index contributed by atoms with van der Waals surface area (Å²) in [5.41, 5.74) is 7.78.